The smallest absolute Gasteiger partial charge is 0.260 e. The van der Waals surface area contributed by atoms with Crippen LogP contribution in [0.3, 0.4) is 0 Å². The molecule has 0 heterocycles. The van der Waals surface area contributed by atoms with Gasteiger partial charge in [0.1, 0.15) is 11.8 Å². The standard InChI is InChI=1S/C17H22N2O2/c1-13(2)19(15-8-4-5-9-15)17(20)12-21-16-10-6-3-7-14(16)11-18/h3,6-7,10,13,15H,4-5,8-9,12H2,1-2H3. The highest BCUT2D eigenvalue weighted by molar-refractivity contribution is 5.78. The van der Waals surface area contributed by atoms with E-state index in [1.165, 1.54) is 12.8 Å². The molecule has 0 saturated heterocycles. The fourth-order valence-corrected chi connectivity index (χ4v) is 2.99. The maximum atomic E-state index is 12.5. The number of carbonyl (C=O) groups is 1. The lowest BCUT2D eigenvalue weighted by Gasteiger charge is -2.32. The number of nitrogens with zero attached hydrogens (tertiary/aromatic N) is 2. The molecule has 21 heavy (non-hydrogen) atoms. The van der Waals surface area contributed by atoms with Crippen LogP contribution in [0.2, 0.25) is 0 Å². The van der Waals surface area contributed by atoms with Gasteiger partial charge in [-0.15, -0.1) is 0 Å². The predicted octanol–water partition coefficient (Wildman–Crippen LogP) is 3.12. The molecule has 4 nitrogen and oxygen atoms in total. The highest BCUT2D eigenvalue weighted by Gasteiger charge is 2.28. The fourth-order valence-electron chi connectivity index (χ4n) is 2.99. The molecule has 1 fully saturated rings. The van der Waals surface area contributed by atoms with Gasteiger partial charge in [-0.25, -0.2) is 0 Å². The zero-order valence-corrected chi connectivity index (χ0v) is 12.7. The molecule has 0 bridgehead atoms. The summed E-state index contributed by atoms with van der Waals surface area (Å²) >= 11 is 0. The van der Waals surface area contributed by atoms with E-state index in [1.807, 2.05) is 18.7 Å². The predicted molar refractivity (Wildman–Crippen MR) is 80.9 cm³/mol. The molecular formula is C17H22N2O2. The SMILES string of the molecule is CC(C)N(C(=O)COc1ccccc1C#N)C1CCCC1. The number of rotatable bonds is 5. The number of nitriles is 1. The average molecular weight is 286 g/mol. The summed E-state index contributed by atoms with van der Waals surface area (Å²) in [5.74, 6) is 0.480. The number of hydrogen-bond donors (Lipinski definition) is 0. The lowest BCUT2D eigenvalue weighted by atomic mass is 10.1. The number of amides is 1. The van der Waals surface area contributed by atoms with Crippen molar-refractivity contribution in [3.8, 4) is 11.8 Å². The summed E-state index contributed by atoms with van der Waals surface area (Å²) in [6, 6.07) is 9.60. The van der Waals surface area contributed by atoms with Crippen LogP contribution in [-0.4, -0.2) is 29.5 Å². The van der Waals surface area contributed by atoms with E-state index in [0.717, 1.165) is 12.8 Å². The molecule has 4 heteroatoms. The minimum atomic E-state index is -0.00657. The van der Waals surface area contributed by atoms with E-state index in [1.54, 1.807) is 24.3 Å². The van der Waals surface area contributed by atoms with Crippen molar-refractivity contribution in [2.75, 3.05) is 6.61 Å². The first kappa shape index (κ1) is 15.4. The fraction of sp³-hybridized carbons (Fsp3) is 0.529. The summed E-state index contributed by atoms with van der Waals surface area (Å²) in [5.41, 5.74) is 0.460. The van der Waals surface area contributed by atoms with Gasteiger partial charge in [0.05, 0.1) is 5.56 Å². The first-order valence-electron chi connectivity index (χ1n) is 7.56. The molecule has 1 aromatic carbocycles. The molecule has 1 aliphatic rings. The van der Waals surface area contributed by atoms with Gasteiger partial charge >= 0.3 is 0 Å². The molecule has 112 valence electrons. The molecule has 2 rings (SSSR count). The normalized spacial score (nSPS) is 15.0. The number of carbonyl (C=O) groups excluding carboxylic acids is 1. The Hall–Kier alpha value is -2.02. The third kappa shape index (κ3) is 3.75. The van der Waals surface area contributed by atoms with Crippen molar-refractivity contribution in [2.45, 2.75) is 51.6 Å². The van der Waals surface area contributed by atoms with Gasteiger partial charge in [0, 0.05) is 12.1 Å². The van der Waals surface area contributed by atoms with Gasteiger partial charge in [0.15, 0.2) is 6.61 Å². The third-order valence-corrected chi connectivity index (χ3v) is 3.92. The van der Waals surface area contributed by atoms with E-state index in [2.05, 4.69) is 6.07 Å². The molecule has 0 radical (unpaired) electrons. The van der Waals surface area contributed by atoms with Crippen molar-refractivity contribution in [1.29, 1.82) is 5.26 Å². The van der Waals surface area contributed by atoms with Crippen LogP contribution in [0.4, 0.5) is 0 Å². The van der Waals surface area contributed by atoms with Gasteiger partial charge in [0.2, 0.25) is 0 Å². The Labute approximate surface area is 126 Å². The van der Waals surface area contributed by atoms with Gasteiger partial charge in [-0.2, -0.15) is 5.26 Å². The monoisotopic (exact) mass is 286 g/mol. The summed E-state index contributed by atoms with van der Waals surface area (Å²) in [5, 5.41) is 9.03. The lowest BCUT2D eigenvalue weighted by Crippen LogP contribution is -2.45. The second-order valence-electron chi connectivity index (χ2n) is 5.73. The first-order chi connectivity index (χ1) is 10.1. The van der Waals surface area contributed by atoms with E-state index in [9.17, 15) is 4.79 Å². The van der Waals surface area contributed by atoms with E-state index >= 15 is 0 Å². The van der Waals surface area contributed by atoms with E-state index in [4.69, 9.17) is 10.00 Å². The van der Waals surface area contributed by atoms with Crippen LogP contribution >= 0.6 is 0 Å². The highest BCUT2D eigenvalue weighted by Crippen LogP contribution is 2.25. The average Bonchev–Trinajstić information content (AvgIpc) is 2.99. The Morgan fingerprint density at radius 3 is 2.67 bits per heavy atom. The number of para-hydroxylation sites is 1. The highest BCUT2D eigenvalue weighted by atomic mass is 16.5. The lowest BCUT2D eigenvalue weighted by molar-refractivity contribution is -0.137. The zero-order chi connectivity index (χ0) is 15.2. The molecule has 0 aromatic heterocycles. The summed E-state index contributed by atoms with van der Waals surface area (Å²) in [6.45, 7) is 4.08. The second kappa shape index (κ2) is 7.12. The van der Waals surface area contributed by atoms with Gasteiger partial charge in [0.25, 0.3) is 5.91 Å². The van der Waals surface area contributed by atoms with Crippen LogP contribution in [0.1, 0.15) is 45.1 Å². The van der Waals surface area contributed by atoms with Crippen LogP contribution in [0.5, 0.6) is 5.75 Å². The summed E-state index contributed by atoms with van der Waals surface area (Å²) in [4.78, 5) is 14.4. The minimum Gasteiger partial charge on any atom is -0.482 e. The molecule has 0 spiro atoms. The van der Waals surface area contributed by atoms with E-state index in [-0.39, 0.29) is 18.6 Å². The Morgan fingerprint density at radius 2 is 2.05 bits per heavy atom. The third-order valence-electron chi connectivity index (χ3n) is 3.92. The van der Waals surface area contributed by atoms with Crippen molar-refractivity contribution < 1.29 is 9.53 Å². The maximum Gasteiger partial charge on any atom is 0.260 e. The van der Waals surface area contributed by atoms with Gasteiger partial charge in [-0.3, -0.25) is 4.79 Å². The van der Waals surface area contributed by atoms with Crippen LogP contribution in [-0.2, 0) is 4.79 Å². The number of ether oxygens (including phenoxy) is 1. The summed E-state index contributed by atoms with van der Waals surface area (Å²) < 4.78 is 5.57. The minimum absolute atomic E-state index is 0.00430. The van der Waals surface area contributed by atoms with Gasteiger partial charge in [-0.1, -0.05) is 25.0 Å². The molecular weight excluding hydrogens is 264 g/mol. The number of hydrogen-bond acceptors (Lipinski definition) is 3. The molecule has 0 N–H and O–H groups in total. The van der Waals surface area contributed by atoms with Gasteiger partial charge < -0.3 is 9.64 Å². The zero-order valence-electron chi connectivity index (χ0n) is 12.7. The van der Waals surface area contributed by atoms with Crippen molar-refractivity contribution in [2.24, 2.45) is 0 Å². The Balaban J connectivity index is 2.01. The quantitative estimate of drug-likeness (QED) is 0.835. The molecule has 1 aliphatic carbocycles. The molecule has 0 atom stereocenters. The summed E-state index contributed by atoms with van der Waals surface area (Å²) in [6.07, 6.45) is 4.55. The molecule has 0 aliphatic heterocycles. The van der Waals surface area contributed by atoms with Crippen LogP contribution < -0.4 is 4.74 Å². The van der Waals surface area contributed by atoms with Crippen molar-refractivity contribution in [1.82, 2.24) is 4.90 Å². The maximum absolute atomic E-state index is 12.5. The number of benzene rings is 1. The Morgan fingerprint density at radius 1 is 1.38 bits per heavy atom. The van der Waals surface area contributed by atoms with E-state index in [0.29, 0.717) is 17.4 Å². The molecule has 1 aromatic rings. The first-order valence-corrected chi connectivity index (χ1v) is 7.56. The van der Waals surface area contributed by atoms with Crippen LogP contribution in [0.15, 0.2) is 24.3 Å². The van der Waals surface area contributed by atoms with Crippen LogP contribution in [0.25, 0.3) is 0 Å². The van der Waals surface area contributed by atoms with Crippen molar-refractivity contribution >= 4 is 5.91 Å². The Kier molecular flexibility index (Phi) is 5.21. The van der Waals surface area contributed by atoms with Crippen molar-refractivity contribution in [3.05, 3.63) is 29.8 Å². The topological polar surface area (TPSA) is 53.3 Å². The van der Waals surface area contributed by atoms with Crippen molar-refractivity contribution in [3.63, 3.8) is 0 Å². The summed E-state index contributed by atoms with van der Waals surface area (Å²) in [7, 11) is 0. The van der Waals surface area contributed by atoms with E-state index < -0.39 is 0 Å². The molecule has 1 amide bonds. The molecule has 0 unspecified atom stereocenters. The van der Waals surface area contributed by atoms with Crippen LogP contribution in [0, 0.1) is 11.3 Å². The largest absolute Gasteiger partial charge is 0.482 e. The van der Waals surface area contributed by atoms with Gasteiger partial charge in [-0.05, 0) is 38.8 Å². The molecule has 1 saturated carbocycles. The second-order valence-corrected chi connectivity index (χ2v) is 5.73. The Bertz CT molecular complexity index is 528.